The maximum Gasteiger partial charge on any atom is 0.337 e. The molecular formula is C21H21FN2O3. The lowest BCUT2D eigenvalue weighted by Gasteiger charge is -2.25. The normalized spacial score (nSPS) is 15.2. The second kappa shape index (κ2) is 7.02. The van der Waals surface area contributed by atoms with Crippen molar-refractivity contribution in [2.45, 2.75) is 38.1 Å². The van der Waals surface area contributed by atoms with Gasteiger partial charge in [-0.1, -0.05) is 19.3 Å². The lowest BCUT2D eigenvalue weighted by molar-refractivity contribution is 0.0601. The lowest BCUT2D eigenvalue weighted by atomic mass is 9.94. The van der Waals surface area contributed by atoms with Gasteiger partial charge in [-0.2, -0.15) is 0 Å². The van der Waals surface area contributed by atoms with Gasteiger partial charge in [-0.3, -0.25) is 0 Å². The van der Waals surface area contributed by atoms with Crippen molar-refractivity contribution in [1.82, 2.24) is 9.55 Å². The number of esters is 1. The molecule has 0 amide bonds. The van der Waals surface area contributed by atoms with Crippen LogP contribution < -0.4 is 0 Å². The van der Waals surface area contributed by atoms with Gasteiger partial charge in [-0.05, 0) is 43.2 Å². The van der Waals surface area contributed by atoms with Crippen LogP contribution in [0.2, 0.25) is 0 Å². The van der Waals surface area contributed by atoms with Crippen molar-refractivity contribution < 1.29 is 19.0 Å². The molecule has 140 valence electrons. The summed E-state index contributed by atoms with van der Waals surface area (Å²) in [5.74, 6) is -0.544. The number of carbonyl (C=O) groups is 1. The molecule has 1 fully saturated rings. The lowest BCUT2D eigenvalue weighted by Crippen LogP contribution is -2.14. The molecule has 1 aromatic heterocycles. The van der Waals surface area contributed by atoms with Crippen molar-refractivity contribution in [3.8, 4) is 17.1 Å². The number of carbonyl (C=O) groups excluding carboxylic acids is 1. The van der Waals surface area contributed by atoms with Gasteiger partial charge in [0.25, 0.3) is 0 Å². The van der Waals surface area contributed by atoms with Crippen LogP contribution in [-0.2, 0) is 4.74 Å². The minimum absolute atomic E-state index is 0.121. The summed E-state index contributed by atoms with van der Waals surface area (Å²) in [6.07, 6.45) is 5.48. The molecule has 4 rings (SSSR count). The van der Waals surface area contributed by atoms with Gasteiger partial charge in [0.1, 0.15) is 17.4 Å². The SMILES string of the molecule is COC(=O)c1ccc2c(c1)nc(-c1ccc(O)cc1F)n2C1CCCCC1. The van der Waals surface area contributed by atoms with E-state index in [0.29, 0.717) is 22.5 Å². The average molecular weight is 368 g/mol. The van der Waals surface area contributed by atoms with E-state index in [1.807, 2.05) is 6.07 Å². The highest BCUT2D eigenvalue weighted by Gasteiger charge is 2.24. The van der Waals surface area contributed by atoms with Crippen LogP contribution in [0, 0.1) is 5.82 Å². The van der Waals surface area contributed by atoms with E-state index in [1.165, 1.54) is 19.6 Å². The molecule has 0 unspecified atom stereocenters. The second-order valence-electron chi connectivity index (χ2n) is 6.96. The van der Waals surface area contributed by atoms with E-state index in [2.05, 4.69) is 9.55 Å². The molecule has 5 nitrogen and oxygen atoms in total. The summed E-state index contributed by atoms with van der Waals surface area (Å²) in [7, 11) is 1.34. The second-order valence-corrected chi connectivity index (χ2v) is 6.96. The maximum absolute atomic E-state index is 14.6. The van der Waals surface area contributed by atoms with Crippen molar-refractivity contribution in [3.63, 3.8) is 0 Å². The summed E-state index contributed by atoms with van der Waals surface area (Å²) >= 11 is 0. The topological polar surface area (TPSA) is 64.3 Å². The van der Waals surface area contributed by atoms with E-state index < -0.39 is 11.8 Å². The first-order chi connectivity index (χ1) is 13.1. The third-order valence-electron chi connectivity index (χ3n) is 5.24. The number of fused-ring (bicyclic) bond motifs is 1. The Balaban J connectivity index is 1.93. The maximum atomic E-state index is 14.6. The zero-order valence-electron chi connectivity index (χ0n) is 15.1. The quantitative estimate of drug-likeness (QED) is 0.672. The van der Waals surface area contributed by atoms with E-state index in [0.717, 1.165) is 37.3 Å². The smallest absolute Gasteiger partial charge is 0.337 e. The summed E-state index contributed by atoms with van der Waals surface area (Å²) in [4.78, 5) is 16.5. The Kier molecular flexibility index (Phi) is 4.56. The number of hydrogen-bond acceptors (Lipinski definition) is 4. The fourth-order valence-corrected chi connectivity index (χ4v) is 3.93. The fraction of sp³-hybridized carbons (Fsp3) is 0.333. The standard InChI is InChI=1S/C21H21FN2O3/c1-27-21(26)13-7-10-19-18(11-13)23-20(16-9-8-15(25)12-17(16)22)24(19)14-5-3-2-4-6-14/h7-12,14,25H,2-6H2,1H3. The molecule has 0 atom stereocenters. The first-order valence-electron chi connectivity index (χ1n) is 9.17. The average Bonchev–Trinajstić information content (AvgIpc) is 3.06. The van der Waals surface area contributed by atoms with Crippen molar-refractivity contribution in [3.05, 3.63) is 47.8 Å². The van der Waals surface area contributed by atoms with Gasteiger partial charge in [-0.25, -0.2) is 14.2 Å². The van der Waals surface area contributed by atoms with Crippen molar-refractivity contribution in [2.24, 2.45) is 0 Å². The number of ether oxygens (including phenoxy) is 1. The van der Waals surface area contributed by atoms with Crippen LogP contribution in [-0.4, -0.2) is 27.7 Å². The number of imidazole rings is 1. The van der Waals surface area contributed by atoms with Crippen LogP contribution in [0.1, 0.15) is 48.5 Å². The highest BCUT2D eigenvalue weighted by Crippen LogP contribution is 2.37. The summed E-state index contributed by atoms with van der Waals surface area (Å²) in [5, 5.41) is 9.55. The Labute approximate surface area is 156 Å². The summed E-state index contributed by atoms with van der Waals surface area (Å²) in [5.41, 5.74) is 2.26. The van der Waals surface area contributed by atoms with Gasteiger partial charge in [0.15, 0.2) is 0 Å². The van der Waals surface area contributed by atoms with Gasteiger partial charge in [-0.15, -0.1) is 0 Å². The minimum atomic E-state index is -0.518. The van der Waals surface area contributed by atoms with Gasteiger partial charge >= 0.3 is 5.97 Å². The fourth-order valence-electron chi connectivity index (χ4n) is 3.93. The van der Waals surface area contributed by atoms with Crippen molar-refractivity contribution in [2.75, 3.05) is 7.11 Å². The summed E-state index contributed by atoms with van der Waals surface area (Å²) in [6.45, 7) is 0. The van der Waals surface area contributed by atoms with Crippen LogP contribution in [0.15, 0.2) is 36.4 Å². The number of phenolic OH excluding ortho intramolecular Hbond substituents is 1. The van der Waals surface area contributed by atoms with Crippen LogP contribution in [0.4, 0.5) is 4.39 Å². The highest BCUT2D eigenvalue weighted by molar-refractivity contribution is 5.94. The van der Waals surface area contributed by atoms with E-state index in [1.54, 1.807) is 18.2 Å². The van der Waals surface area contributed by atoms with Crippen LogP contribution in [0.25, 0.3) is 22.4 Å². The molecule has 1 N–H and O–H groups in total. The molecule has 1 aliphatic rings. The van der Waals surface area contributed by atoms with Gasteiger partial charge in [0.05, 0.1) is 29.3 Å². The predicted molar refractivity (Wildman–Crippen MR) is 100 cm³/mol. The van der Waals surface area contributed by atoms with Crippen LogP contribution in [0.3, 0.4) is 0 Å². The molecule has 0 spiro atoms. The molecule has 6 heteroatoms. The van der Waals surface area contributed by atoms with Gasteiger partial charge in [0.2, 0.25) is 0 Å². The number of hydrogen-bond donors (Lipinski definition) is 1. The molecule has 0 saturated heterocycles. The number of halogens is 1. The van der Waals surface area contributed by atoms with E-state index in [-0.39, 0.29) is 11.8 Å². The largest absolute Gasteiger partial charge is 0.508 e. The third-order valence-corrected chi connectivity index (χ3v) is 5.24. The molecular weight excluding hydrogens is 347 g/mol. The van der Waals surface area contributed by atoms with E-state index >= 15 is 0 Å². The van der Waals surface area contributed by atoms with E-state index in [4.69, 9.17) is 4.74 Å². The molecule has 0 aliphatic heterocycles. The minimum Gasteiger partial charge on any atom is -0.508 e. The highest BCUT2D eigenvalue weighted by atomic mass is 19.1. The molecule has 1 aliphatic carbocycles. The third kappa shape index (κ3) is 3.16. The molecule has 3 aromatic rings. The van der Waals surface area contributed by atoms with Crippen LogP contribution >= 0.6 is 0 Å². The van der Waals surface area contributed by atoms with Crippen molar-refractivity contribution >= 4 is 17.0 Å². The number of benzene rings is 2. The summed E-state index contributed by atoms with van der Waals surface area (Å²) < 4.78 is 21.5. The number of rotatable bonds is 3. The molecule has 2 aromatic carbocycles. The Morgan fingerprint density at radius 1 is 1.19 bits per heavy atom. The van der Waals surface area contributed by atoms with Gasteiger partial charge < -0.3 is 14.4 Å². The first-order valence-corrected chi connectivity index (χ1v) is 9.17. The Morgan fingerprint density at radius 2 is 1.96 bits per heavy atom. The molecule has 0 bridgehead atoms. The number of methoxy groups -OCH3 is 1. The Bertz CT molecular complexity index is 1010. The van der Waals surface area contributed by atoms with E-state index in [9.17, 15) is 14.3 Å². The molecule has 1 heterocycles. The number of aromatic hydroxyl groups is 1. The molecule has 0 radical (unpaired) electrons. The molecule has 27 heavy (non-hydrogen) atoms. The zero-order chi connectivity index (χ0) is 19.0. The Morgan fingerprint density at radius 3 is 2.67 bits per heavy atom. The zero-order valence-corrected chi connectivity index (χ0v) is 15.1. The van der Waals surface area contributed by atoms with Crippen molar-refractivity contribution in [1.29, 1.82) is 0 Å². The number of nitrogens with zero attached hydrogens (tertiary/aromatic N) is 2. The number of aromatic nitrogens is 2. The Hall–Kier alpha value is -2.89. The predicted octanol–water partition coefficient (Wildman–Crippen LogP) is 4.84. The van der Waals surface area contributed by atoms with Gasteiger partial charge in [0, 0.05) is 12.1 Å². The summed E-state index contributed by atoms with van der Waals surface area (Å²) in [6, 6.07) is 9.59. The molecule has 1 saturated carbocycles. The first kappa shape index (κ1) is 17.5. The number of phenols is 1. The van der Waals surface area contributed by atoms with Crippen LogP contribution in [0.5, 0.6) is 5.75 Å². The monoisotopic (exact) mass is 368 g/mol.